The SMILES string of the molecule is C[C@H](c1ccccc1OC(F)(F)C(F)F)N1CCNCC1.Cl. The molecule has 1 saturated heterocycles. The van der Waals surface area contributed by atoms with E-state index in [1.54, 1.807) is 12.1 Å². The average Bonchev–Trinajstić information content (AvgIpc) is 2.47. The summed E-state index contributed by atoms with van der Waals surface area (Å²) < 4.78 is 55.1. The number of alkyl halides is 4. The van der Waals surface area contributed by atoms with Crippen LogP contribution in [0.3, 0.4) is 0 Å². The van der Waals surface area contributed by atoms with Gasteiger partial charge in [-0.1, -0.05) is 18.2 Å². The molecule has 1 aromatic rings. The molecular formula is C14H19ClF4N2O. The summed E-state index contributed by atoms with van der Waals surface area (Å²) in [5.41, 5.74) is 0.486. The molecule has 0 saturated carbocycles. The summed E-state index contributed by atoms with van der Waals surface area (Å²) >= 11 is 0. The van der Waals surface area contributed by atoms with Gasteiger partial charge in [-0.25, -0.2) is 0 Å². The number of hydrogen-bond donors (Lipinski definition) is 1. The lowest BCUT2D eigenvalue weighted by molar-refractivity contribution is -0.253. The normalized spacial score (nSPS) is 17.9. The lowest BCUT2D eigenvalue weighted by Gasteiger charge is -2.34. The molecule has 1 fully saturated rings. The van der Waals surface area contributed by atoms with Crippen molar-refractivity contribution in [3.8, 4) is 5.75 Å². The fourth-order valence-electron chi connectivity index (χ4n) is 2.38. The van der Waals surface area contributed by atoms with Gasteiger partial charge >= 0.3 is 12.5 Å². The number of halogens is 5. The van der Waals surface area contributed by atoms with Crippen LogP contribution >= 0.6 is 12.4 Å². The molecule has 0 amide bonds. The Morgan fingerprint density at radius 3 is 2.36 bits per heavy atom. The standard InChI is InChI=1S/C14H18F4N2O.ClH/c1-10(20-8-6-19-7-9-20)11-4-2-3-5-12(11)21-14(17,18)13(15)16;/h2-5,10,13,19H,6-9H2,1H3;1H/t10-;/m1./s1. The van der Waals surface area contributed by atoms with Gasteiger partial charge in [0.2, 0.25) is 0 Å². The highest BCUT2D eigenvalue weighted by molar-refractivity contribution is 5.85. The van der Waals surface area contributed by atoms with Gasteiger partial charge < -0.3 is 10.1 Å². The number of benzene rings is 1. The number of nitrogens with one attached hydrogen (secondary N) is 1. The molecule has 22 heavy (non-hydrogen) atoms. The molecule has 8 heteroatoms. The monoisotopic (exact) mass is 342 g/mol. The Kier molecular flexibility index (Phi) is 6.90. The Bertz CT molecular complexity index is 470. The molecule has 2 rings (SSSR count). The largest absolute Gasteiger partial charge is 0.461 e. The maximum atomic E-state index is 13.1. The third-order valence-electron chi connectivity index (χ3n) is 3.57. The van der Waals surface area contributed by atoms with Crippen LogP contribution in [0.15, 0.2) is 24.3 Å². The van der Waals surface area contributed by atoms with Gasteiger partial charge in [0.25, 0.3) is 0 Å². The molecule has 126 valence electrons. The van der Waals surface area contributed by atoms with E-state index < -0.39 is 12.5 Å². The van der Waals surface area contributed by atoms with Crippen molar-refractivity contribution in [1.29, 1.82) is 0 Å². The van der Waals surface area contributed by atoms with E-state index in [0.29, 0.717) is 5.56 Å². The molecule has 0 aromatic heterocycles. The van der Waals surface area contributed by atoms with Gasteiger partial charge in [0, 0.05) is 37.8 Å². The summed E-state index contributed by atoms with van der Waals surface area (Å²) in [4.78, 5) is 2.10. The third-order valence-corrected chi connectivity index (χ3v) is 3.57. The molecule has 1 atom stereocenters. The van der Waals surface area contributed by atoms with E-state index in [-0.39, 0.29) is 24.2 Å². The smallest absolute Gasteiger partial charge is 0.428 e. The highest BCUT2D eigenvalue weighted by Gasteiger charge is 2.44. The third kappa shape index (κ3) is 4.47. The lowest BCUT2D eigenvalue weighted by Crippen LogP contribution is -2.44. The van der Waals surface area contributed by atoms with E-state index in [1.807, 2.05) is 6.92 Å². The first-order valence-corrected chi connectivity index (χ1v) is 6.80. The van der Waals surface area contributed by atoms with Gasteiger partial charge in [-0.2, -0.15) is 17.6 Å². The molecular weight excluding hydrogens is 324 g/mol. The Labute approximate surface area is 133 Å². The summed E-state index contributed by atoms with van der Waals surface area (Å²) in [6.45, 7) is 5.00. The quantitative estimate of drug-likeness (QED) is 0.831. The number of piperazine rings is 1. The van der Waals surface area contributed by atoms with Gasteiger partial charge in [0.1, 0.15) is 5.75 Å². The van der Waals surface area contributed by atoms with Crippen LogP contribution in [0.5, 0.6) is 5.75 Å². The number of ether oxygens (including phenoxy) is 1. The second-order valence-electron chi connectivity index (χ2n) is 4.96. The number of hydrogen-bond acceptors (Lipinski definition) is 3. The first kappa shape index (κ1) is 19.0. The van der Waals surface area contributed by atoms with Crippen molar-refractivity contribution in [2.75, 3.05) is 26.2 Å². The first-order chi connectivity index (χ1) is 9.92. The number of para-hydroxylation sites is 1. The van der Waals surface area contributed by atoms with Crippen LogP contribution in [-0.4, -0.2) is 43.6 Å². The summed E-state index contributed by atoms with van der Waals surface area (Å²) in [5, 5.41) is 3.20. The van der Waals surface area contributed by atoms with Crippen molar-refractivity contribution in [2.24, 2.45) is 0 Å². The Hall–Kier alpha value is -1.05. The molecule has 0 aliphatic carbocycles. The van der Waals surface area contributed by atoms with Gasteiger partial charge in [-0.05, 0) is 13.0 Å². The predicted molar refractivity (Wildman–Crippen MR) is 78.1 cm³/mol. The van der Waals surface area contributed by atoms with Gasteiger partial charge in [-0.3, -0.25) is 4.90 Å². The number of rotatable bonds is 5. The fourth-order valence-corrected chi connectivity index (χ4v) is 2.38. The second kappa shape index (κ2) is 7.99. The average molecular weight is 343 g/mol. The highest BCUT2D eigenvalue weighted by atomic mass is 35.5. The van der Waals surface area contributed by atoms with Crippen molar-refractivity contribution in [1.82, 2.24) is 10.2 Å². The molecule has 1 aromatic carbocycles. The summed E-state index contributed by atoms with van der Waals surface area (Å²) in [7, 11) is 0. The van der Waals surface area contributed by atoms with Gasteiger partial charge in [-0.15, -0.1) is 12.4 Å². The minimum atomic E-state index is -4.49. The van der Waals surface area contributed by atoms with Crippen molar-refractivity contribution >= 4 is 12.4 Å². The summed E-state index contributed by atoms with van der Waals surface area (Å²) in [6.07, 6.45) is -8.35. The van der Waals surface area contributed by atoms with Crippen LogP contribution in [0.1, 0.15) is 18.5 Å². The van der Waals surface area contributed by atoms with Crippen LogP contribution < -0.4 is 10.1 Å². The molecule has 0 spiro atoms. The molecule has 1 aliphatic heterocycles. The lowest BCUT2D eigenvalue weighted by atomic mass is 10.0. The maximum absolute atomic E-state index is 13.1. The zero-order valence-corrected chi connectivity index (χ0v) is 12.9. The minimum absolute atomic E-state index is 0. The zero-order chi connectivity index (χ0) is 15.5. The van der Waals surface area contributed by atoms with E-state index in [9.17, 15) is 17.6 Å². The van der Waals surface area contributed by atoms with Gasteiger partial charge in [0.15, 0.2) is 0 Å². The first-order valence-electron chi connectivity index (χ1n) is 6.80. The maximum Gasteiger partial charge on any atom is 0.461 e. The van der Waals surface area contributed by atoms with E-state index in [0.717, 1.165) is 26.2 Å². The molecule has 0 unspecified atom stereocenters. The summed E-state index contributed by atoms with van der Waals surface area (Å²) in [6, 6.07) is 5.91. The molecule has 1 N–H and O–H groups in total. The predicted octanol–water partition coefficient (Wildman–Crippen LogP) is 3.31. The van der Waals surface area contributed by atoms with Crippen molar-refractivity contribution < 1.29 is 22.3 Å². The van der Waals surface area contributed by atoms with E-state index in [1.165, 1.54) is 12.1 Å². The Morgan fingerprint density at radius 1 is 1.18 bits per heavy atom. The molecule has 1 aliphatic rings. The van der Waals surface area contributed by atoms with Gasteiger partial charge in [0.05, 0.1) is 0 Å². The number of nitrogens with zero attached hydrogens (tertiary/aromatic N) is 1. The minimum Gasteiger partial charge on any atom is -0.428 e. The second-order valence-corrected chi connectivity index (χ2v) is 4.96. The molecule has 3 nitrogen and oxygen atoms in total. The zero-order valence-electron chi connectivity index (χ0n) is 12.1. The molecule has 0 radical (unpaired) electrons. The Balaban J connectivity index is 0.00000242. The van der Waals surface area contributed by atoms with E-state index >= 15 is 0 Å². The molecule has 0 bridgehead atoms. The Morgan fingerprint density at radius 2 is 1.77 bits per heavy atom. The molecule has 1 heterocycles. The fraction of sp³-hybridized carbons (Fsp3) is 0.571. The van der Waals surface area contributed by atoms with Crippen LogP contribution in [0, 0.1) is 0 Å². The van der Waals surface area contributed by atoms with Crippen LogP contribution in [0.25, 0.3) is 0 Å². The van der Waals surface area contributed by atoms with E-state index in [2.05, 4.69) is 15.0 Å². The summed E-state index contributed by atoms with van der Waals surface area (Å²) in [5.74, 6) is -0.200. The van der Waals surface area contributed by atoms with Crippen molar-refractivity contribution in [3.05, 3.63) is 29.8 Å². The van der Waals surface area contributed by atoms with Crippen molar-refractivity contribution in [2.45, 2.75) is 25.5 Å². The van der Waals surface area contributed by atoms with Crippen molar-refractivity contribution in [3.63, 3.8) is 0 Å². The van der Waals surface area contributed by atoms with Crippen LogP contribution in [0.4, 0.5) is 17.6 Å². The van der Waals surface area contributed by atoms with Crippen LogP contribution in [0.2, 0.25) is 0 Å². The topological polar surface area (TPSA) is 24.5 Å². The van der Waals surface area contributed by atoms with Crippen LogP contribution in [-0.2, 0) is 0 Å². The van der Waals surface area contributed by atoms with E-state index in [4.69, 9.17) is 0 Å². The highest BCUT2D eigenvalue weighted by Crippen LogP contribution is 2.34.